The fourth-order valence-corrected chi connectivity index (χ4v) is 5.46. The second-order valence-electron chi connectivity index (χ2n) is 9.99. The molecule has 3 aliphatic rings. The van der Waals surface area contributed by atoms with E-state index in [4.69, 9.17) is 18.9 Å². The summed E-state index contributed by atoms with van der Waals surface area (Å²) in [5.74, 6) is 1.60. The highest BCUT2D eigenvalue weighted by Gasteiger charge is 2.57. The lowest BCUT2D eigenvalue weighted by molar-refractivity contribution is -0.122. The highest BCUT2D eigenvalue weighted by atomic mass is 16.7. The van der Waals surface area contributed by atoms with Gasteiger partial charge >= 0.3 is 0 Å². The highest BCUT2D eigenvalue weighted by molar-refractivity contribution is 6.11. The van der Waals surface area contributed by atoms with Crippen molar-refractivity contribution < 1.29 is 28.5 Å². The summed E-state index contributed by atoms with van der Waals surface area (Å²) in [4.78, 5) is 29.1. The van der Waals surface area contributed by atoms with E-state index in [9.17, 15) is 9.59 Å². The molecule has 0 saturated heterocycles. The molecule has 0 aromatic heterocycles. The van der Waals surface area contributed by atoms with E-state index in [2.05, 4.69) is 5.32 Å². The number of nitrogens with zero attached hydrogens (tertiary/aromatic N) is 1. The number of amides is 2. The lowest BCUT2D eigenvalue weighted by Gasteiger charge is -2.24. The Bertz CT molecular complexity index is 1400. The first-order chi connectivity index (χ1) is 18.5. The van der Waals surface area contributed by atoms with Crippen molar-refractivity contribution in [3.63, 3.8) is 0 Å². The first kappa shape index (κ1) is 24.3. The van der Waals surface area contributed by atoms with Crippen molar-refractivity contribution in [3.05, 3.63) is 82.9 Å². The van der Waals surface area contributed by atoms with Crippen LogP contribution in [-0.4, -0.2) is 44.5 Å². The molecule has 0 aliphatic carbocycles. The molecule has 0 saturated carbocycles. The van der Waals surface area contributed by atoms with Crippen LogP contribution in [0, 0.1) is 0 Å². The van der Waals surface area contributed by atoms with Crippen LogP contribution >= 0.6 is 0 Å². The number of hydrogen-bond acceptors (Lipinski definition) is 6. The standard InChI is InChI=1S/C30H30N2O6/c1-19(2)35-13-7-12-31-28(33)21-9-4-3-8-20(21)16-32-24-11-6-5-10-22(24)30(29(32)34)17-36-25-15-27-26(14-23(25)30)37-18-38-27/h3-6,8-11,14-15,19H,7,12-13,16-18H2,1-2H3,(H,31,33). The number of nitrogens with one attached hydrogen (secondary N) is 1. The Labute approximate surface area is 221 Å². The lowest BCUT2D eigenvalue weighted by Crippen LogP contribution is -2.42. The number of ether oxygens (including phenoxy) is 4. The molecule has 1 spiro atoms. The van der Waals surface area contributed by atoms with Crippen molar-refractivity contribution in [2.45, 2.75) is 38.3 Å². The maximum Gasteiger partial charge on any atom is 0.251 e. The van der Waals surface area contributed by atoms with Gasteiger partial charge in [0.15, 0.2) is 11.5 Å². The molecule has 3 aromatic carbocycles. The van der Waals surface area contributed by atoms with E-state index in [1.54, 1.807) is 17.0 Å². The third-order valence-electron chi connectivity index (χ3n) is 7.29. The third-order valence-corrected chi connectivity index (χ3v) is 7.29. The molecule has 8 heteroatoms. The number of benzene rings is 3. The first-order valence-electron chi connectivity index (χ1n) is 12.9. The van der Waals surface area contributed by atoms with Gasteiger partial charge in [-0.25, -0.2) is 0 Å². The zero-order chi connectivity index (χ0) is 26.3. The average molecular weight is 515 g/mol. The van der Waals surface area contributed by atoms with E-state index in [0.717, 1.165) is 28.8 Å². The molecule has 0 fully saturated rings. The van der Waals surface area contributed by atoms with Gasteiger partial charge in [0.25, 0.3) is 5.91 Å². The second kappa shape index (κ2) is 9.68. The molecule has 2 amide bonds. The van der Waals surface area contributed by atoms with Crippen LogP contribution in [0.3, 0.4) is 0 Å². The minimum atomic E-state index is -0.986. The lowest BCUT2D eigenvalue weighted by atomic mass is 9.77. The average Bonchev–Trinajstić information content (AvgIpc) is 3.60. The van der Waals surface area contributed by atoms with E-state index >= 15 is 0 Å². The van der Waals surface area contributed by atoms with Crippen molar-refractivity contribution in [1.82, 2.24) is 5.32 Å². The van der Waals surface area contributed by atoms with E-state index in [1.807, 2.05) is 62.4 Å². The van der Waals surface area contributed by atoms with Crippen molar-refractivity contribution in [1.29, 1.82) is 0 Å². The van der Waals surface area contributed by atoms with Gasteiger partial charge in [-0.3, -0.25) is 9.59 Å². The third kappa shape index (κ3) is 3.96. The van der Waals surface area contributed by atoms with Gasteiger partial charge in [0.2, 0.25) is 12.7 Å². The summed E-state index contributed by atoms with van der Waals surface area (Å²) in [5.41, 5.74) is 2.81. The van der Waals surface area contributed by atoms with E-state index in [1.165, 1.54) is 0 Å². The fourth-order valence-electron chi connectivity index (χ4n) is 5.46. The molecular formula is C30H30N2O6. The number of anilines is 1. The van der Waals surface area contributed by atoms with Crippen molar-refractivity contribution in [3.8, 4) is 17.2 Å². The quantitative estimate of drug-likeness (QED) is 0.454. The molecule has 3 aromatic rings. The van der Waals surface area contributed by atoms with Crippen LogP contribution in [-0.2, 0) is 21.5 Å². The predicted molar refractivity (Wildman–Crippen MR) is 141 cm³/mol. The van der Waals surface area contributed by atoms with Crippen LogP contribution in [0.2, 0.25) is 0 Å². The molecule has 196 valence electrons. The smallest absolute Gasteiger partial charge is 0.251 e. The van der Waals surface area contributed by atoms with Gasteiger partial charge in [-0.2, -0.15) is 0 Å². The second-order valence-corrected chi connectivity index (χ2v) is 9.99. The van der Waals surface area contributed by atoms with Crippen LogP contribution in [0.1, 0.15) is 47.3 Å². The summed E-state index contributed by atoms with van der Waals surface area (Å²) in [6.45, 7) is 5.67. The van der Waals surface area contributed by atoms with Gasteiger partial charge in [-0.15, -0.1) is 0 Å². The summed E-state index contributed by atoms with van der Waals surface area (Å²) in [5, 5.41) is 2.99. The molecule has 6 rings (SSSR count). The molecule has 0 radical (unpaired) electrons. The first-order valence-corrected chi connectivity index (χ1v) is 12.9. The van der Waals surface area contributed by atoms with Gasteiger partial charge in [0.05, 0.1) is 12.6 Å². The van der Waals surface area contributed by atoms with Crippen LogP contribution in [0.4, 0.5) is 5.69 Å². The molecule has 1 atom stereocenters. The summed E-state index contributed by atoms with van der Waals surface area (Å²) in [7, 11) is 0. The predicted octanol–water partition coefficient (Wildman–Crippen LogP) is 4.19. The number of hydrogen-bond donors (Lipinski definition) is 1. The number of carbonyl (C=O) groups excluding carboxylic acids is 2. The van der Waals surface area contributed by atoms with Gasteiger partial charge in [-0.05, 0) is 49.6 Å². The van der Waals surface area contributed by atoms with Gasteiger partial charge in [0, 0.05) is 36.0 Å². The Morgan fingerprint density at radius 2 is 1.76 bits per heavy atom. The summed E-state index contributed by atoms with van der Waals surface area (Å²) in [6, 6.07) is 18.9. The van der Waals surface area contributed by atoms with Crippen LogP contribution in [0.15, 0.2) is 60.7 Å². The van der Waals surface area contributed by atoms with Crippen LogP contribution < -0.4 is 24.4 Å². The van der Waals surface area contributed by atoms with Gasteiger partial charge in [0.1, 0.15) is 17.8 Å². The molecule has 38 heavy (non-hydrogen) atoms. The molecule has 1 unspecified atom stereocenters. The SMILES string of the molecule is CC(C)OCCCNC(=O)c1ccccc1CN1C(=O)C2(COc3cc4c(cc32)OCO4)c2ccccc21. The molecule has 1 N–H and O–H groups in total. The van der Waals surface area contributed by atoms with Gasteiger partial charge in [-0.1, -0.05) is 36.4 Å². The number of carbonyl (C=O) groups is 2. The van der Waals surface area contributed by atoms with E-state index in [0.29, 0.717) is 36.0 Å². The topological polar surface area (TPSA) is 86.3 Å². The fraction of sp³-hybridized carbons (Fsp3) is 0.333. The Balaban J connectivity index is 1.29. The van der Waals surface area contributed by atoms with Gasteiger partial charge < -0.3 is 29.2 Å². The zero-order valence-corrected chi connectivity index (χ0v) is 21.5. The molecule has 3 heterocycles. The Hall–Kier alpha value is -4.04. The highest BCUT2D eigenvalue weighted by Crippen LogP contribution is 2.55. The summed E-state index contributed by atoms with van der Waals surface area (Å²) in [6.07, 6.45) is 0.888. The van der Waals surface area contributed by atoms with Crippen LogP contribution in [0.5, 0.6) is 17.2 Å². The van der Waals surface area contributed by atoms with E-state index < -0.39 is 5.41 Å². The Morgan fingerprint density at radius 1 is 1.00 bits per heavy atom. The summed E-state index contributed by atoms with van der Waals surface area (Å²) < 4.78 is 22.8. The van der Waals surface area contributed by atoms with Crippen molar-refractivity contribution in [2.75, 3.05) is 31.5 Å². The molecule has 0 bridgehead atoms. The minimum Gasteiger partial charge on any atom is -0.491 e. The van der Waals surface area contributed by atoms with Crippen molar-refractivity contribution >= 4 is 17.5 Å². The zero-order valence-electron chi connectivity index (χ0n) is 21.5. The summed E-state index contributed by atoms with van der Waals surface area (Å²) >= 11 is 0. The monoisotopic (exact) mass is 514 g/mol. The number of rotatable bonds is 8. The minimum absolute atomic E-state index is 0.0858. The molecule has 3 aliphatic heterocycles. The number of para-hydroxylation sites is 1. The Kier molecular flexibility index (Phi) is 6.19. The molecular weight excluding hydrogens is 484 g/mol. The van der Waals surface area contributed by atoms with Crippen molar-refractivity contribution in [2.24, 2.45) is 0 Å². The Morgan fingerprint density at radius 3 is 2.61 bits per heavy atom. The normalized spacial score (nSPS) is 18.6. The van der Waals surface area contributed by atoms with Crippen LogP contribution in [0.25, 0.3) is 0 Å². The molecule has 8 nitrogen and oxygen atoms in total. The number of fused-ring (bicyclic) bond motifs is 5. The van der Waals surface area contributed by atoms with E-state index in [-0.39, 0.29) is 37.9 Å². The largest absolute Gasteiger partial charge is 0.491 e. The maximum atomic E-state index is 14.3. The maximum absolute atomic E-state index is 14.3.